The summed E-state index contributed by atoms with van der Waals surface area (Å²) in [5, 5.41) is 9.33. The fraction of sp³-hybridized carbons (Fsp3) is 0.414. The van der Waals surface area contributed by atoms with Crippen molar-refractivity contribution in [2.24, 2.45) is 0 Å². The van der Waals surface area contributed by atoms with E-state index in [1.54, 1.807) is 37.3 Å². The van der Waals surface area contributed by atoms with Gasteiger partial charge in [0.2, 0.25) is 11.9 Å². The molecule has 1 N–H and O–H groups in total. The van der Waals surface area contributed by atoms with Gasteiger partial charge >= 0.3 is 29.8 Å². The van der Waals surface area contributed by atoms with E-state index in [1.807, 2.05) is 0 Å². The molecule has 1 aliphatic rings. The van der Waals surface area contributed by atoms with Crippen LogP contribution in [0.1, 0.15) is 50.5 Å². The maximum Gasteiger partial charge on any atom is 0.335 e. The summed E-state index contributed by atoms with van der Waals surface area (Å²) in [7, 11) is 0. The molecule has 5 atom stereocenters. The minimum atomic E-state index is -1.83. The zero-order chi connectivity index (χ0) is 30.5. The minimum Gasteiger partial charge on any atom is -0.478 e. The van der Waals surface area contributed by atoms with Crippen molar-refractivity contribution >= 4 is 29.8 Å². The van der Waals surface area contributed by atoms with E-state index in [2.05, 4.69) is 0 Å². The molecule has 1 saturated heterocycles. The Morgan fingerprint density at radius 1 is 0.878 bits per heavy atom. The molecular formula is C29H32O12. The summed E-state index contributed by atoms with van der Waals surface area (Å²) in [4.78, 5) is 59.3. The van der Waals surface area contributed by atoms with Crippen LogP contribution in [0.2, 0.25) is 0 Å². The number of carbonyl (C=O) groups is 5. The van der Waals surface area contributed by atoms with Crippen LogP contribution in [0.15, 0.2) is 42.5 Å². The molecule has 0 aliphatic carbocycles. The second-order valence-corrected chi connectivity index (χ2v) is 9.67. The second-order valence-electron chi connectivity index (χ2n) is 9.67. The number of carbonyl (C=O) groups excluding carboxylic acids is 4. The van der Waals surface area contributed by atoms with Gasteiger partial charge in [-0.25, -0.2) is 4.79 Å². The van der Waals surface area contributed by atoms with Crippen molar-refractivity contribution in [2.45, 2.75) is 71.7 Å². The lowest BCUT2D eigenvalue weighted by molar-refractivity contribution is -0.321. The highest BCUT2D eigenvalue weighted by Crippen LogP contribution is 2.39. The van der Waals surface area contributed by atoms with E-state index in [-0.39, 0.29) is 12.2 Å². The Morgan fingerprint density at radius 3 is 2.10 bits per heavy atom. The lowest BCUT2D eigenvalue weighted by Gasteiger charge is -2.49. The van der Waals surface area contributed by atoms with Crippen LogP contribution >= 0.6 is 0 Å². The van der Waals surface area contributed by atoms with Crippen LogP contribution < -0.4 is 4.74 Å². The molecule has 0 amide bonds. The molecule has 1 heterocycles. The SMILES string of the molecule is CC(=O)OC[C@H]1O[C@H](Oc2ccc(-c3cccc(C(=O)O)c3)cc2C)[C@@](C)(OC(C)=O)[C@@H](OC(C)=O)[C@@H]1OC(C)=O. The van der Waals surface area contributed by atoms with Crippen molar-refractivity contribution in [3.05, 3.63) is 53.6 Å². The number of ether oxygens (including phenoxy) is 6. The summed E-state index contributed by atoms with van der Waals surface area (Å²) >= 11 is 0. The number of esters is 4. The molecule has 0 aromatic heterocycles. The Hall–Kier alpha value is -4.45. The van der Waals surface area contributed by atoms with E-state index in [0.717, 1.165) is 20.8 Å². The summed E-state index contributed by atoms with van der Waals surface area (Å²) in [6.45, 7) is 7.36. The first-order valence-electron chi connectivity index (χ1n) is 12.6. The molecule has 0 radical (unpaired) electrons. The van der Waals surface area contributed by atoms with Gasteiger partial charge in [0, 0.05) is 27.7 Å². The number of rotatable bonds is 9. The topological polar surface area (TPSA) is 161 Å². The summed E-state index contributed by atoms with van der Waals surface area (Å²) in [5.74, 6) is -3.66. The largest absolute Gasteiger partial charge is 0.478 e. The zero-order valence-corrected chi connectivity index (χ0v) is 23.5. The van der Waals surface area contributed by atoms with Crippen LogP contribution in [-0.4, -0.2) is 71.8 Å². The summed E-state index contributed by atoms with van der Waals surface area (Å²) in [6, 6.07) is 11.5. The van der Waals surface area contributed by atoms with Gasteiger partial charge in [-0.2, -0.15) is 0 Å². The number of hydrogen-bond acceptors (Lipinski definition) is 11. The molecule has 12 nitrogen and oxygen atoms in total. The minimum absolute atomic E-state index is 0.130. The molecule has 41 heavy (non-hydrogen) atoms. The molecule has 0 spiro atoms. The van der Waals surface area contributed by atoms with Crippen molar-refractivity contribution in [3.63, 3.8) is 0 Å². The first-order valence-corrected chi connectivity index (χ1v) is 12.6. The van der Waals surface area contributed by atoms with Gasteiger partial charge in [0.15, 0.2) is 12.2 Å². The quantitative estimate of drug-likeness (QED) is 0.346. The van der Waals surface area contributed by atoms with Gasteiger partial charge in [-0.3, -0.25) is 19.2 Å². The fourth-order valence-corrected chi connectivity index (χ4v) is 4.52. The molecule has 1 aliphatic heterocycles. The van der Waals surface area contributed by atoms with Crippen molar-refractivity contribution in [2.75, 3.05) is 6.61 Å². The Morgan fingerprint density at radius 2 is 1.54 bits per heavy atom. The van der Waals surface area contributed by atoms with Gasteiger partial charge in [0.05, 0.1) is 5.56 Å². The third kappa shape index (κ3) is 7.60. The Bertz CT molecular complexity index is 1330. The first-order chi connectivity index (χ1) is 19.2. The van der Waals surface area contributed by atoms with Crippen molar-refractivity contribution < 1.29 is 57.5 Å². The van der Waals surface area contributed by atoms with Crippen LogP contribution in [0.4, 0.5) is 0 Å². The van der Waals surface area contributed by atoms with Crippen molar-refractivity contribution in [1.29, 1.82) is 0 Å². The summed E-state index contributed by atoms with van der Waals surface area (Å²) in [6.07, 6.45) is -5.34. The van der Waals surface area contributed by atoms with Gasteiger partial charge in [-0.15, -0.1) is 0 Å². The van der Waals surface area contributed by atoms with Crippen LogP contribution in [0.5, 0.6) is 5.75 Å². The normalized spacial score (nSPS) is 23.6. The summed E-state index contributed by atoms with van der Waals surface area (Å²) in [5.41, 5.74) is 0.292. The maximum atomic E-state index is 12.2. The van der Waals surface area contributed by atoms with Crippen LogP contribution in [0, 0.1) is 6.92 Å². The average Bonchev–Trinajstić information content (AvgIpc) is 2.87. The number of aryl methyl sites for hydroxylation is 1. The van der Waals surface area contributed by atoms with Gasteiger partial charge < -0.3 is 33.5 Å². The van der Waals surface area contributed by atoms with E-state index in [4.69, 9.17) is 28.4 Å². The van der Waals surface area contributed by atoms with Crippen LogP contribution in [0.25, 0.3) is 11.1 Å². The standard InChI is InChI=1S/C29H32O12/c1-15-12-21(20-8-7-9-22(13-20)27(34)35)10-11-23(15)39-28-29(6,41-19(5)33)26(38-18(4)32)25(37-17(3)31)24(40-28)14-36-16(2)30/h7-13,24-26,28H,14H2,1-6H3,(H,34,35)/t24-,25-,26+,28+,29+/m1/s1. The molecule has 220 valence electrons. The highest BCUT2D eigenvalue weighted by Gasteiger charge is 2.61. The third-order valence-corrected chi connectivity index (χ3v) is 6.26. The smallest absolute Gasteiger partial charge is 0.335 e. The fourth-order valence-electron chi connectivity index (χ4n) is 4.52. The van der Waals surface area contributed by atoms with Crippen LogP contribution in [0.3, 0.4) is 0 Å². The lowest BCUT2D eigenvalue weighted by Crippen LogP contribution is -2.70. The molecule has 0 unspecified atom stereocenters. The Balaban J connectivity index is 2.04. The van der Waals surface area contributed by atoms with E-state index in [0.29, 0.717) is 22.4 Å². The number of aromatic carboxylic acids is 1. The highest BCUT2D eigenvalue weighted by atomic mass is 16.7. The molecule has 0 saturated carbocycles. The third-order valence-electron chi connectivity index (χ3n) is 6.26. The van der Waals surface area contributed by atoms with Gasteiger partial charge in [-0.1, -0.05) is 18.2 Å². The molecule has 0 bridgehead atoms. The molecule has 2 aromatic carbocycles. The summed E-state index contributed by atoms with van der Waals surface area (Å²) < 4.78 is 33.9. The van der Waals surface area contributed by atoms with Gasteiger partial charge in [0.1, 0.15) is 18.5 Å². The first kappa shape index (κ1) is 31.1. The predicted molar refractivity (Wildman–Crippen MR) is 141 cm³/mol. The Labute approximate surface area is 236 Å². The second kappa shape index (κ2) is 12.8. The number of hydrogen-bond donors (Lipinski definition) is 1. The predicted octanol–water partition coefficient (Wildman–Crippen LogP) is 3.21. The zero-order valence-electron chi connectivity index (χ0n) is 23.5. The van der Waals surface area contributed by atoms with Crippen LogP contribution in [-0.2, 0) is 42.9 Å². The highest BCUT2D eigenvalue weighted by molar-refractivity contribution is 5.89. The van der Waals surface area contributed by atoms with E-state index < -0.39 is 60.0 Å². The van der Waals surface area contributed by atoms with Crippen molar-refractivity contribution in [1.82, 2.24) is 0 Å². The molecule has 1 fully saturated rings. The number of carboxylic acid groups (broad SMARTS) is 1. The van der Waals surface area contributed by atoms with Gasteiger partial charge in [-0.05, 0) is 54.8 Å². The average molecular weight is 573 g/mol. The van der Waals surface area contributed by atoms with Crippen molar-refractivity contribution in [3.8, 4) is 16.9 Å². The van der Waals surface area contributed by atoms with E-state index in [9.17, 15) is 29.1 Å². The molecule has 3 rings (SSSR count). The van der Waals surface area contributed by atoms with E-state index in [1.165, 1.54) is 26.0 Å². The van der Waals surface area contributed by atoms with Gasteiger partial charge in [0.25, 0.3) is 0 Å². The number of carboxylic acids is 1. The molecule has 12 heteroatoms. The maximum absolute atomic E-state index is 12.2. The Kier molecular flexibility index (Phi) is 9.71. The molecule has 2 aromatic rings. The van der Waals surface area contributed by atoms with E-state index >= 15 is 0 Å². The number of benzene rings is 2. The lowest BCUT2D eigenvalue weighted by atomic mass is 9.87. The molecular weight excluding hydrogens is 540 g/mol. The monoisotopic (exact) mass is 572 g/mol.